The van der Waals surface area contributed by atoms with Crippen LogP contribution in [0.5, 0.6) is 0 Å². The first-order valence-corrected chi connectivity index (χ1v) is 5.31. The number of hydrogen-bond donors (Lipinski definition) is 1. The number of para-hydroxylation sites is 1. The molecule has 0 aromatic heterocycles. The fourth-order valence-electron chi connectivity index (χ4n) is 1.91. The number of rotatable bonds is 4. The fraction of sp³-hybridized carbons (Fsp3) is 0.385. The van der Waals surface area contributed by atoms with Crippen LogP contribution in [0.4, 0.5) is 5.69 Å². The number of benzene rings is 1. The fourth-order valence-corrected chi connectivity index (χ4v) is 1.91. The molecule has 0 saturated carbocycles. The first-order valence-electron chi connectivity index (χ1n) is 5.31. The van der Waals surface area contributed by atoms with E-state index in [1.165, 1.54) is 0 Å². The highest BCUT2D eigenvalue weighted by Crippen LogP contribution is 2.29. The molecule has 0 bridgehead atoms. The quantitative estimate of drug-likeness (QED) is 0.760. The van der Waals surface area contributed by atoms with E-state index in [4.69, 9.17) is 16.3 Å². The van der Waals surface area contributed by atoms with Crippen LogP contribution in [0.2, 0.25) is 0 Å². The largest absolute Gasteiger partial charge is 0.395 e. The molecule has 0 atom stereocenters. The van der Waals surface area contributed by atoms with Crippen molar-refractivity contribution >= 4 is 5.69 Å². The van der Waals surface area contributed by atoms with Gasteiger partial charge in [0, 0.05) is 12.2 Å². The summed E-state index contributed by atoms with van der Waals surface area (Å²) >= 11 is 0. The van der Waals surface area contributed by atoms with Gasteiger partial charge in [0.15, 0.2) is 0 Å². The van der Waals surface area contributed by atoms with E-state index in [1.54, 1.807) is 0 Å². The molecule has 1 aromatic carbocycles. The predicted molar refractivity (Wildman–Crippen MR) is 63.3 cm³/mol. The molecule has 1 aromatic rings. The van der Waals surface area contributed by atoms with Gasteiger partial charge in [-0.1, -0.05) is 24.1 Å². The summed E-state index contributed by atoms with van der Waals surface area (Å²) in [6.45, 7) is 1.66. The van der Waals surface area contributed by atoms with Crippen LogP contribution >= 0.6 is 0 Å². The summed E-state index contributed by atoms with van der Waals surface area (Å²) in [7, 11) is 0. The highest BCUT2D eigenvalue weighted by molar-refractivity contribution is 5.53. The van der Waals surface area contributed by atoms with Gasteiger partial charge in [-0.3, -0.25) is 0 Å². The molecule has 1 aliphatic rings. The number of anilines is 1. The van der Waals surface area contributed by atoms with Crippen LogP contribution in [0.15, 0.2) is 30.3 Å². The van der Waals surface area contributed by atoms with Crippen molar-refractivity contribution in [2.24, 2.45) is 0 Å². The molecule has 0 spiro atoms. The molecule has 1 aliphatic heterocycles. The summed E-state index contributed by atoms with van der Waals surface area (Å²) in [6, 6.07) is 9.87. The predicted octanol–water partition coefficient (Wildman–Crippen LogP) is 0.888. The smallest absolute Gasteiger partial charge is 0.148 e. The zero-order chi connectivity index (χ0) is 11.4. The standard InChI is InChI=1S/C13H15NO2/c1-2-13(10-16-11-13)14(8-9-15)12-6-4-3-5-7-12/h1,3-7,15H,8-11H2. The molecule has 0 amide bonds. The minimum atomic E-state index is -0.385. The van der Waals surface area contributed by atoms with Gasteiger partial charge in [0.2, 0.25) is 0 Å². The summed E-state index contributed by atoms with van der Waals surface area (Å²) in [5, 5.41) is 9.13. The highest BCUT2D eigenvalue weighted by atomic mass is 16.5. The van der Waals surface area contributed by atoms with Crippen LogP contribution in [0, 0.1) is 12.3 Å². The van der Waals surface area contributed by atoms with E-state index in [2.05, 4.69) is 5.92 Å². The van der Waals surface area contributed by atoms with E-state index in [0.29, 0.717) is 19.8 Å². The lowest BCUT2D eigenvalue weighted by atomic mass is 9.95. The van der Waals surface area contributed by atoms with Gasteiger partial charge in [-0.15, -0.1) is 6.42 Å². The summed E-state index contributed by atoms with van der Waals surface area (Å²) in [6.07, 6.45) is 5.58. The molecule has 1 saturated heterocycles. The van der Waals surface area contributed by atoms with E-state index in [0.717, 1.165) is 5.69 Å². The third-order valence-electron chi connectivity index (χ3n) is 2.86. The lowest BCUT2D eigenvalue weighted by Gasteiger charge is -2.47. The van der Waals surface area contributed by atoms with Crippen molar-refractivity contribution in [3.8, 4) is 12.3 Å². The van der Waals surface area contributed by atoms with E-state index < -0.39 is 0 Å². The number of nitrogens with zero attached hydrogens (tertiary/aromatic N) is 1. The van der Waals surface area contributed by atoms with Crippen molar-refractivity contribution < 1.29 is 9.84 Å². The Labute approximate surface area is 95.6 Å². The zero-order valence-electron chi connectivity index (χ0n) is 9.10. The summed E-state index contributed by atoms with van der Waals surface area (Å²) in [5.41, 5.74) is 0.641. The van der Waals surface area contributed by atoms with E-state index in [1.807, 2.05) is 35.2 Å². The Morgan fingerprint density at radius 1 is 1.38 bits per heavy atom. The summed E-state index contributed by atoms with van der Waals surface area (Å²) in [5.74, 6) is 2.79. The number of aliphatic hydroxyl groups is 1. The molecular weight excluding hydrogens is 202 g/mol. The van der Waals surface area contributed by atoms with Crippen LogP contribution in [-0.2, 0) is 4.74 Å². The maximum atomic E-state index is 9.13. The van der Waals surface area contributed by atoms with Gasteiger partial charge in [0.1, 0.15) is 5.54 Å². The minimum Gasteiger partial charge on any atom is -0.395 e. The first kappa shape index (κ1) is 11.0. The molecule has 0 unspecified atom stereocenters. The molecule has 0 aliphatic carbocycles. The lowest BCUT2D eigenvalue weighted by Crippen LogP contribution is -2.62. The lowest BCUT2D eigenvalue weighted by molar-refractivity contribution is -0.0282. The van der Waals surface area contributed by atoms with Gasteiger partial charge in [-0.25, -0.2) is 0 Å². The first-order chi connectivity index (χ1) is 7.82. The van der Waals surface area contributed by atoms with Crippen LogP contribution in [0.25, 0.3) is 0 Å². The number of ether oxygens (including phenoxy) is 1. The van der Waals surface area contributed by atoms with E-state index >= 15 is 0 Å². The Bertz CT molecular complexity index is 379. The van der Waals surface area contributed by atoms with Crippen LogP contribution < -0.4 is 4.90 Å². The van der Waals surface area contributed by atoms with Gasteiger partial charge in [-0.05, 0) is 12.1 Å². The Balaban J connectivity index is 2.27. The van der Waals surface area contributed by atoms with Gasteiger partial charge < -0.3 is 14.7 Å². The van der Waals surface area contributed by atoms with Gasteiger partial charge in [0.05, 0.1) is 19.8 Å². The number of hydrogen-bond acceptors (Lipinski definition) is 3. The molecule has 1 fully saturated rings. The summed E-state index contributed by atoms with van der Waals surface area (Å²) in [4.78, 5) is 2.04. The third kappa shape index (κ3) is 1.78. The van der Waals surface area contributed by atoms with Crippen molar-refractivity contribution in [2.75, 3.05) is 31.3 Å². The Hall–Kier alpha value is -1.50. The molecule has 1 heterocycles. The normalized spacial score (nSPS) is 17.2. The second-order valence-corrected chi connectivity index (χ2v) is 3.88. The molecule has 16 heavy (non-hydrogen) atoms. The second kappa shape index (κ2) is 4.56. The Kier molecular flexibility index (Phi) is 3.14. The third-order valence-corrected chi connectivity index (χ3v) is 2.86. The van der Waals surface area contributed by atoms with Gasteiger partial charge in [0.25, 0.3) is 0 Å². The van der Waals surface area contributed by atoms with Crippen molar-refractivity contribution in [1.82, 2.24) is 0 Å². The SMILES string of the molecule is C#CC1(N(CCO)c2ccccc2)COC1. The van der Waals surface area contributed by atoms with Crippen LogP contribution in [0.3, 0.4) is 0 Å². The molecule has 2 rings (SSSR count). The van der Waals surface area contributed by atoms with Crippen molar-refractivity contribution in [1.29, 1.82) is 0 Å². The van der Waals surface area contributed by atoms with Crippen LogP contribution in [-0.4, -0.2) is 37.0 Å². The minimum absolute atomic E-state index is 0.0817. The van der Waals surface area contributed by atoms with E-state index in [9.17, 15) is 0 Å². The summed E-state index contributed by atoms with van der Waals surface area (Å²) < 4.78 is 5.21. The molecule has 1 N–H and O–H groups in total. The number of terminal acetylenes is 1. The maximum absolute atomic E-state index is 9.13. The molecule has 3 heteroatoms. The van der Waals surface area contributed by atoms with Gasteiger partial charge in [-0.2, -0.15) is 0 Å². The molecular formula is C13H15NO2. The highest BCUT2D eigenvalue weighted by Gasteiger charge is 2.42. The van der Waals surface area contributed by atoms with E-state index in [-0.39, 0.29) is 12.1 Å². The monoisotopic (exact) mass is 217 g/mol. The van der Waals surface area contributed by atoms with Gasteiger partial charge >= 0.3 is 0 Å². The zero-order valence-corrected chi connectivity index (χ0v) is 9.10. The average Bonchev–Trinajstić information content (AvgIpc) is 2.28. The van der Waals surface area contributed by atoms with Crippen molar-refractivity contribution in [3.63, 3.8) is 0 Å². The Morgan fingerprint density at radius 2 is 2.06 bits per heavy atom. The molecule has 84 valence electrons. The number of aliphatic hydroxyl groups excluding tert-OH is 1. The molecule has 0 radical (unpaired) electrons. The van der Waals surface area contributed by atoms with Crippen LogP contribution in [0.1, 0.15) is 0 Å². The molecule has 3 nitrogen and oxygen atoms in total. The Morgan fingerprint density at radius 3 is 2.50 bits per heavy atom. The van der Waals surface area contributed by atoms with Crippen molar-refractivity contribution in [2.45, 2.75) is 5.54 Å². The number of β-amino-alcohol motifs (C(OH)–C–C–N with tert-alkyl or cyclic N) is 1. The topological polar surface area (TPSA) is 32.7 Å². The average molecular weight is 217 g/mol. The maximum Gasteiger partial charge on any atom is 0.148 e. The second-order valence-electron chi connectivity index (χ2n) is 3.88. The van der Waals surface area contributed by atoms with Crippen molar-refractivity contribution in [3.05, 3.63) is 30.3 Å².